The number of ether oxygens (including phenoxy) is 1. The zero-order valence-electron chi connectivity index (χ0n) is 11.1. The summed E-state index contributed by atoms with van der Waals surface area (Å²) in [4.78, 5) is 14.0. The van der Waals surface area contributed by atoms with Crippen LogP contribution in [0.5, 0.6) is 5.75 Å². The lowest BCUT2D eigenvalue weighted by Crippen LogP contribution is -2.46. The van der Waals surface area contributed by atoms with Crippen LogP contribution >= 0.6 is 11.3 Å². The molecule has 1 aromatic heterocycles. The maximum absolute atomic E-state index is 12.2. The number of hydrogen-bond acceptors (Lipinski definition) is 4. The lowest BCUT2D eigenvalue weighted by Gasteiger charge is -2.28. The number of aryl methyl sites for hydroxylation is 1. The van der Waals surface area contributed by atoms with Gasteiger partial charge >= 0.3 is 0 Å². The van der Waals surface area contributed by atoms with Crippen LogP contribution < -0.4 is 15.4 Å². The molecular formula is C13H20N2O2S. The van der Waals surface area contributed by atoms with Gasteiger partial charge < -0.3 is 15.4 Å². The number of rotatable bonds is 3. The normalized spacial score (nSPS) is 23.7. The van der Waals surface area contributed by atoms with Crippen LogP contribution in [0.2, 0.25) is 0 Å². The number of thiophene rings is 1. The molecule has 2 unspecified atom stereocenters. The van der Waals surface area contributed by atoms with Crippen LogP contribution in [0.1, 0.15) is 34.3 Å². The first-order valence-corrected chi connectivity index (χ1v) is 7.10. The van der Waals surface area contributed by atoms with Crippen molar-refractivity contribution < 1.29 is 9.53 Å². The molecule has 100 valence electrons. The van der Waals surface area contributed by atoms with E-state index in [2.05, 4.69) is 17.6 Å². The molecule has 0 saturated carbocycles. The Bertz CT molecular complexity index is 431. The van der Waals surface area contributed by atoms with Gasteiger partial charge in [-0.2, -0.15) is 0 Å². The lowest BCUT2D eigenvalue weighted by molar-refractivity contribution is 0.0927. The van der Waals surface area contributed by atoms with Gasteiger partial charge in [0.25, 0.3) is 5.91 Å². The minimum atomic E-state index is -0.0101. The van der Waals surface area contributed by atoms with E-state index in [1.165, 1.54) is 11.3 Å². The van der Waals surface area contributed by atoms with Crippen LogP contribution in [0.4, 0.5) is 0 Å². The highest BCUT2D eigenvalue weighted by molar-refractivity contribution is 7.14. The minimum Gasteiger partial charge on any atom is -0.495 e. The average molecular weight is 268 g/mol. The maximum atomic E-state index is 12.2. The number of piperidine rings is 1. The zero-order valence-corrected chi connectivity index (χ0v) is 11.9. The van der Waals surface area contributed by atoms with Gasteiger partial charge in [-0.3, -0.25) is 4.79 Å². The van der Waals surface area contributed by atoms with Gasteiger partial charge in [-0.25, -0.2) is 0 Å². The van der Waals surface area contributed by atoms with Gasteiger partial charge in [0, 0.05) is 17.0 Å². The van der Waals surface area contributed by atoms with E-state index in [9.17, 15) is 4.79 Å². The number of nitrogens with one attached hydrogen (secondary N) is 2. The first kappa shape index (κ1) is 13.4. The van der Waals surface area contributed by atoms with Crippen molar-refractivity contribution in [2.24, 2.45) is 0 Å². The fourth-order valence-electron chi connectivity index (χ4n) is 2.31. The van der Waals surface area contributed by atoms with E-state index < -0.39 is 0 Å². The molecule has 1 fully saturated rings. The lowest BCUT2D eigenvalue weighted by atomic mass is 10.0. The van der Waals surface area contributed by atoms with Crippen molar-refractivity contribution in [1.29, 1.82) is 0 Å². The molecule has 1 saturated heterocycles. The van der Waals surface area contributed by atoms with E-state index in [0.717, 1.165) is 24.3 Å². The molecule has 0 aliphatic carbocycles. The Morgan fingerprint density at radius 3 is 3.06 bits per heavy atom. The van der Waals surface area contributed by atoms with Gasteiger partial charge in [-0.05, 0) is 39.3 Å². The van der Waals surface area contributed by atoms with Gasteiger partial charge in [-0.1, -0.05) is 0 Å². The zero-order chi connectivity index (χ0) is 13.1. The van der Waals surface area contributed by atoms with Crippen LogP contribution in [0, 0.1) is 6.92 Å². The monoisotopic (exact) mass is 268 g/mol. The van der Waals surface area contributed by atoms with E-state index in [4.69, 9.17) is 4.74 Å². The van der Waals surface area contributed by atoms with Gasteiger partial charge in [0.05, 0.1) is 7.11 Å². The molecule has 0 bridgehead atoms. The molecule has 1 aliphatic heterocycles. The first-order chi connectivity index (χ1) is 8.60. The standard InChI is InChI=1S/C13H20N2O2S/c1-8-6-10(4-5-14-8)15-13(16)12-11(17-3)7-9(2)18-12/h7-8,10,14H,4-6H2,1-3H3,(H,15,16). The average Bonchev–Trinajstić information content (AvgIpc) is 2.70. The fourth-order valence-corrected chi connectivity index (χ4v) is 3.20. The second-order valence-corrected chi connectivity index (χ2v) is 6.06. The molecule has 2 rings (SSSR count). The predicted molar refractivity (Wildman–Crippen MR) is 73.6 cm³/mol. The number of methoxy groups -OCH3 is 1. The number of amides is 1. The molecule has 2 heterocycles. The summed E-state index contributed by atoms with van der Waals surface area (Å²) in [6, 6.07) is 2.64. The Morgan fingerprint density at radius 2 is 2.39 bits per heavy atom. The second kappa shape index (κ2) is 5.71. The molecule has 2 atom stereocenters. The molecule has 0 spiro atoms. The Kier molecular flexibility index (Phi) is 4.24. The van der Waals surface area contributed by atoms with Crippen molar-refractivity contribution in [3.63, 3.8) is 0 Å². The van der Waals surface area contributed by atoms with Crippen LogP contribution in [0.3, 0.4) is 0 Å². The third kappa shape index (κ3) is 3.03. The smallest absolute Gasteiger partial charge is 0.265 e. The molecule has 0 radical (unpaired) electrons. The van der Waals surface area contributed by atoms with E-state index in [1.54, 1.807) is 7.11 Å². The van der Waals surface area contributed by atoms with Crippen molar-refractivity contribution in [2.75, 3.05) is 13.7 Å². The topological polar surface area (TPSA) is 50.4 Å². The third-order valence-electron chi connectivity index (χ3n) is 3.21. The van der Waals surface area contributed by atoms with Crippen molar-refractivity contribution in [3.8, 4) is 5.75 Å². The van der Waals surface area contributed by atoms with Crippen LogP contribution in [0.15, 0.2) is 6.07 Å². The summed E-state index contributed by atoms with van der Waals surface area (Å²) in [5, 5.41) is 6.48. The minimum absolute atomic E-state index is 0.0101. The quantitative estimate of drug-likeness (QED) is 0.881. The van der Waals surface area contributed by atoms with Crippen LogP contribution in [0.25, 0.3) is 0 Å². The van der Waals surface area contributed by atoms with Gasteiger partial charge in [-0.15, -0.1) is 11.3 Å². The second-order valence-electron chi connectivity index (χ2n) is 4.80. The number of carbonyl (C=O) groups is 1. The van der Waals surface area contributed by atoms with E-state index >= 15 is 0 Å². The molecule has 4 nitrogen and oxygen atoms in total. The largest absolute Gasteiger partial charge is 0.495 e. The predicted octanol–water partition coefficient (Wildman–Crippen LogP) is 1.94. The summed E-state index contributed by atoms with van der Waals surface area (Å²) in [5.74, 6) is 0.668. The Labute approximate surface area is 112 Å². The molecule has 1 aliphatic rings. The van der Waals surface area contributed by atoms with Gasteiger partial charge in [0.2, 0.25) is 0 Å². The molecular weight excluding hydrogens is 248 g/mol. The Morgan fingerprint density at radius 1 is 1.61 bits per heavy atom. The first-order valence-electron chi connectivity index (χ1n) is 6.29. The maximum Gasteiger partial charge on any atom is 0.265 e. The summed E-state index contributed by atoms with van der Waals surface area (Å²) in [6.07, 6.45) is 1.97. The van der Waals surface area contributed by atoms with E-state index in [-0.39, 0.29) is 11.9 Å². The summed E-state index contributed by atoms with van der Waals surface area (Å²) >= 11 is 1.48. The van der Waals surface area contributed by atoms with Crippen LogP contribution in [-0.4, -0.2) is 31.6 Å². The molecule has 5 heteroatoms. The van der Waals surface area contributed by atoms with Crippen molar-refractivity contribution in [3.05, 3.63) is 15.8 Å². The van der Waals surface area contributed by atoms with Gasteiger partial charge in [0.1, 0.15) is 10.6 Å². The highest BCUT2D eigenvalue weighted by atomic mass is 32.1. The van der Waals surface area contributed by atoms with Gasteiger partial charge in [0.15, 0.2) is 0 Å². The Balaban J connectivity index is 2.02. The SMILES string of the molecule is COc1cc(C)sc1C(=O)NC1CCNC(C)C1. The summed E-state index contributed by atoms with van der Waals surface area (Å²) in [5.41, 5.74) is 0. The highest BCUT2D eigenvalue weighted by Crippen LogP contribution is 2.28. The molecule has 1 amide bonds. The summed E-state index contributed by atoms with van der Waals surface area (Å²) in [6.45, 7) is 5.09. The summed E-state index contributed by atoms with van der Waals surface area (Å²) in [7, 11) is 1.60. The molecule has 18 heavy (non-hydrogen) atoms. The highest BCUT2D eigenvalue weighted by Gasteiger charge is 2.23. The van der Waals surface area contributed by atoms with Crippen molar-refractivity contribution in [2.45, 2.75) is 38.8 Å². The fraction of sp³-hybridized carbons (Fsp3) is 0.615. The van der Waals surface area contributed by atoms with Crippen molar-refractivity contribution >= 4 is 17.2 Å². The molecule has 1 aromatic rings. The Hall–Kier alpha value is -1.07. The summed E-state index contributed by atoms with van der Waals surface area (Å²) < 4.78 is 5.23. The van der Waals surface area contributed by atoms with Crippen LogP contribution in [-0.2, 0) is 0 Å². The number of hydrogen-bond donors (Lipinski definition) is 2. The third-order valence-corrected chi connectivity index (χ3v) is 4.24. The van der Waals surface area contributed by atoms with Crippen molar-refractivity contribution in [1.82, 2.24) is 10.6 Å². The van der Waals surface area contributed by atoms with E-state index in [1.807, 2.05) is 13.0 Å². The molecule has 0 aromatic carbocycles. The number of carbonyl (C=O) groups excluding carboxylic acids is 1. The molecule has 2 N–H and O–H groups in total. The van der Waals surface area contributed by atoms with E-state index in [0.29, 0.717) is 16.7 Å².